The lowest BCUT2D eigenvalue weighted by Gasteiger charge is -2.18. The molecule has 0 aliphatic carbocycles. The second-order valence-corrected chi connectivity index (χ2v) is 3.91. The van der Waals surface area contributed by atoms with Gasteiger partial charge in [0.2, 0.25) is 5.91 Å². The van der Waals surface area contributed by atoms with Gasteiger partial charge in [-0.25, -0.2) is 0 Å². The fourth-order valence-corrected chi connectivity index (χ4v) is 1.43. The molecule has 2 unspecified atom stereocenters. The van der Waals surface area contributed by atoms with E-state index in [4.69, 9.17) is 10.5 Å². The Hall–Kier alpha value is -0.610. The first kappa shape index (κ1) is 14.4. The molecule has 0 aliphatic heterocycles. The Kier molecular flexibility index (Phi) is 8.33. The zero-order valence-electron chi connectivity index (χ0n) is 10.1. The molecular weight excluding hydrogens is 192 g/mol. The molecule has 0 saturated heterocycles. The topological polar surface area (TPSA) is 64.4 Å². The zero-order valence-corrected chi connectivity index (χ0v) is 10.1. The molecule has 3 N–H and O–H groups in total. The van der Waals surface area contributed by atoms with Crippen molar-refractivity contribution in [1.82, 2.24) is 5.32 Å². The Labute approximate surface area is 92.6 Å². The minimum Gasteiger partial charge on any atom is -0.385 e. The van der Waals surface area contributed by atoms with Gasteiger partial charge in [0.1, 0.15) is 0 Å². The van der Waals surface area contributed by atoms with Crippen LogP contribution in [0.5, 0.6) is 0 Å². The second kappa shape index (κ2) is 8.68. The van der Waals surface area contributed by atoms with Crippen LogP contribution in [0.1, 0.15) is 33.1 Å². The van der Waals surface area contributed by atoms with E-state index in [0.29, 0.717) is 13.2 Å². The lowest BCUT2D eigenvalue weighted by atomic mass is 10.0. The summed E-state index contributed by atoms with van der Waals surface area (Å²) in [6.07, 6.45) is 2.69. The van der Waals surface area contributed by atoms with Gasteiger partial charge in [-0.2, -0.15) is 0 Å². The number of nitrogens with two attached hydrogens (primary N) is 1. The summed E-state index contributed by atoms with van der Waals surface area (Å²) < 4.78 is 4.95. The van der Waals surface area contributed by atoms with Gasteiger partial charge in [0, 0.05) is 26.3 Å². The van der Waals surface area contributed by atoms with Crippen LogP contribution in [-0.4, -0.2) is 32.2 Å². The van der Waals surface area contributed by atoms with Gasteiger partial charge in [0.25, 0.3) is 0 Å². The minimum atomic E-state index is -0.0417. The Balaban J connectivity index is 3.87. The van der Waals surface area contributed by atoms with Crippen LogP contribution in [0.3, 0.4) is 0 Å². The molecule has 0 aromatic carbocycles. The molecule has 0 aromatic rings. The molecule has 0 aliphatic rings. The third kappa shape index (κ3) is 6.47. The molecule has 4 nitrogen and oxygen atoms in total. The number of hydrogen-bond donors (Lipinski definition) is 2. The Morgan fingerprint density at radius 1 is 1.47 bits per heavy atom. The van der Waals surface area contributed by atoms with Gasteiger partial charge < -0.3 is 15.8 Å². The number of carbonyl (C=O) groups excluding carboxylic acids is 1. The summed E-state index contributed by atoms with van der Waals surface area (Å²) in [6.45, 7) is 5.14. The summed E-state index contributed by atoms with van der Waals surface area (Å²) in [6, 6.07) is 0.156. The maximum atomic E-state index is 11.7. The van der Waals surface area contributed by atoms with E-state index in [0.717, 1.165) is 19.3 Å². The number of methoxy groups -OCH3 is 1. The van der Waals surface area contributed by atoms with Gasteiger partial charge in [-0.05, 0) is 19.8 Å². The molecule has 0 spiro atoms. The molecule has 4 heteroatoms. The molecule has 1 amide bonds. The number of nitrogens with one attached hydrogen (secondary N) is 1. The predicted molar refractivity (Wildman–Crippen MR) is 61.6 cm³/mol. The third-order valence-corrected chi connectivity index (χ3v) is 2.44. The highest BCUT2D eigenvalue weighted by molar-refractivity contribution is 5.79. The molecule has 0 fully saturated rings. The Bertz CT molecular complexity index is 174. The van der Waals surface area contributed by atoms with Gasteiger partial charge in [0.05, 0.1) is 5.92 Å². The third-order valence-electron chi connectivity index (χ3n) is 2.44. The van der Waals surface area contributed by atoms with Crippen molar-refractivity contribution in [3.05, 3.63) is 0 Å². The maximum Gasteiger partial charge on any atom is 0.224 e. The van der Waals surface area contributed by atoms with E-state index >= 15 is 0 Å². The second-order valence-electron chi connectivity index (χ2n) is 3.91. The molecule has 0 heterocycles. The van der Waals surface area contributed by atoms with Crippen LogP contribution in [0.25, 0.3) is 0 Å². The first-order valence-corrected chi connectivity index (χ1v) is 5.65. The van der Waals surface area contributed by atoms with Gasteiger partial charge in [0.15, 0.2) is 0 Å². The van der Waals surface area contributed by atoms with E-state index in [1.165, 1.54) is 0 Å². The summed E-state index contributed by atoms with van der Waals surface area (Å²) in [7, 11) is 1.66. The van der Waals surface area contributed by atoms with Crippen molar-refractivity contribution in [2.75, 3.05) is 20.3 Å². The van der Waals surface area contributed by atoms with Crippen LogP contribution in [0.15, 0.2) is 0 Å². The molecule has 0 radical (unpaired) electrons. The van der Waals surface area contributed by atoms with E-state index in [1.54, 1.807) is 7.11 Å². The summed E-state index contributed by atoms with van der Waals surface area (Å²) in [5.41, 5.74) is 5.55. The molecule has 2 atom stereocenters. The minimum absolute atomic E-state index is 0.0417. The number of carbonyl (C=O) groups is 1. The van der Waals surface area contributed by atoms with Crippen molar-refractivity contribution in [1.29, 1.82) is 0 Å². The van der Waals surface area contributed by atoms with E-state index in [1.807, 2.05) is 6.92 Å². The van der Waals surface area contributed by atoms with Crippen molar-refractivity contribution < 1.29 is 9.53 Å². The van der Waals surface area contributed by atoms with Gasteiger partial charge >= 0.3 is 0 Å². The van der Waals surface area contributed by atoms with Crippen molar-refractivity contribution in [3.63, 3.8) is 0 Å². The first-order chi connectivity index (χ1) is 7.15. The summed E-state index contributed by atoms with van der Waals surface area (Å²) in [5.74, 6) is 0.0305. The fraction of sp³-hybridized carbons (Fsp3) is 0.909. The average Bonchev–Trinajstić information content (AvgIpc) is 2.22. The molecule has 15 heavy (non-hydrogen) atoms. The zero-order chi connectivity index (χ0) is 11.7. The van der Waals surface area contributed by atoms with Crippen LogP contribution < -0.4 is 11.1 Å². The molecule has 0 aromatic heterocycles. The number of ether oxygens (including phenoxy) is 1. The lowest BCUT2D eigenvalue weighted by molar-refractivity contribution is -0.125. The predicted octanol–water partition coefficient (Wildman–Crippen LogP) is 0.903. The smallest absolute Gasteiger partial charge is 0.224 e. The SMILES string of the molecule is CCCC(CN)C(=O)NC(C)CCOC. The van der Waals surface area contributed by atoms with E-state index < -0.39 is 0 Å². The van der Waals surface area contributed by atoms with Gasteiger partial charge in [-0.3, -0.25) is 4.79 Å². The fourth-order valence-electron chi connectivity index (χ4n) is 1.43. The highest BCUT2D eigenvalue weighted by Crippen LogP contribution is 2.05. The van der Waals surface area contributed by atoms with E-state index in [-0.39, 0.29) is 17.9 Å². The van der Waals surface area contributed by atoms with Gasteiger partial charge in [-0.15, -0.1) is 0 Å². The normalized spacial score (nSPS) is 14.7. The van der Waals surface area contributed by atoms with Crippen molar-refractivity contribution >= 4 is 5.91 Å². The standard InChI is InChI=1S/C11H24N2O2/c1-4-5-10(8-12)11(14)13-9(2)6-7-15-3/h9-10H,4-8,12H2,1-3H3,(H,13,14). The van der Waals surface area contributed by atoms with Crippen molar-refractivity contribution in [2.45, 2.75) is 39.2 Å². The lowest BCUT2D eigenvalue weighted by Crippen LogP contribution is -2.40. The molecule has 0 saturated carbocycles. The van der Waals surface area contributed by atoms with Gasteiger partial charge in [-0.1, -0.05) is 13.3 Å². The highest BCUT2D eigenvalue weighted by atomic mass is 16.5. The summed E-state index contributed by atoms with van der Waals surface area (Å²) in [5, 5.41) is 2.95. The highest BCUT2D eigenvalue weighted by Gasteiger charge is 2.17. The van der Waals surface area contributed by atoms with Crippen LogP contribution in [0.4, 0.5) is 0 Å². The van der Waals surface area contributed by atoms with Crippen LogP contribution >= 0.6 is 0 Å². The molecule has 0 rings (SSSR count). The molecule has 90 valence electrons. The van der Waals surface area contributed by atoms with Crippen molar-refractivity contribution in [3.8, 4) is 0 Å². The first-order valence-electron chi connectivity index (χ1n) is 5.65. The monoisotopic (exact) mass is 216 g/mol. The van der Waals surface area contributed by atoms with Crippen LogP contribution in [0.2, 0.25) is 0 Å². The summed E-state index contributed by atoms with van der Waals surface area (Å²) in [4.78, 5) is 11.7. The van der Waals surface area contributed by atoms with Crippen LogP contribution in [-0.2, 0) is 9.53 Å². The quantitative estimate of drug-likeness (QED) is 0.633. The summed E-state index contributed by atoms with van der Waals surface area (Å²) >= 11 is 0. The Morgan fingerprint density at radius 2 is 2.13 bits per heavy atom. The largest absolute Gasteiger partial charge is 0.385 e. The molecular formula is C11H24N2O2. The van der Waals surface area contributed by atoms with Crippen LogP contribution in [0, 0.1) is 5.92 Å². The number of amides is 1. The van der Waals surface area contributed by atoms with E-state index in [9.17, 15) is 4.79 Å². The van der Waals surface area contributed by atoms with E-state index in [2.05, 4.69) is 12.2 Å². The number of rotatable bonds is 8. The Morgan fingerprint density at radius 3 is 2.60 bits per heavy atom. The maximum absolute atomic E-state index is 11.7. The average molecular weight is 216 g/mol. The number of hydrogen-bond acceptors (Lipinski definition) is 3. The molecule has 0 bridgehead atoms. The van der Waals surface area contributed by atoms with Crippen molar-refractivity contribution in [2.24, 2.45) is 11.7 Å².